The van der Waals surface area contributed by atoms with E-state index in [4.69, 9.17) is 4.74 Å². The molecule has 1 heterocycles. The van der Waals surface area contributed by atoms with E-state index in [1.807, 2.05) is 53.4 Å². The van der Waals surface area contributed by atoms with Gasteiger partial charge in [-0.3, -0.25) is 4.79 Å². The molecule has 0 saturated carbocycles. The van der Waals surface area contributed by atoms with Gasteiger partial charge in [-0.1, -0.05) is 18.2 Å². The van der Waals surface area contributed by atoms with Crippen molar-refractivity contribution in [1.29, 1.82) is 0 Å². The number of methoxy groups -OCH3 is 1. The van der Waals surface area contributed by atoms with Crippen molar-refractivity contribution in [1.82, 2.24) is 4.57 Å². The highest BCUT2D eigenvalue weighted by Gasteiger charge is 2.18. The summed E-state index contributed by atoms with van der Waals surface area (Å²) in [4.78, 5) is 12.5. The number of hydrogen-bond donors (Lipinski definition) is 1. The predicted molar refractivity (Wildman–Crippen MR) is 99.9 cm³/mol. The molecule has 26 heavy (non-hydrogen) atoms. The van der Waals surface area contributed by atoms with Crippen molar-refractivity contribution in [2.75, 3.05) is 12.4 Å². The van der Waals surface area contributed by atoms with Gasteiger partial charge in [-0.2, -0.15) is 0 Å². The van der Waals surface area contributed by atoms with Crippen molar-refractivity contribution < 1.29 is 13.9 Å². The number of aromatic nitrogens is 1. The van der Waals surface area contributed by atoms with E-state index in [1.165, 1.54) is 6.07 Å². The van der Waals surface area contributed by atoms with E-state index in [-0.39, 0.29) is 24.2 Å². The number of carbonyl (C=O) groups is 1. The smallest absolute Gasteiger partial charge is 0.226 e. The molecular weight excluding hydrogens is 331 g/mol. The lowest BCUT2D eigenvalue weighted by atomic mass is 10.0. The number of carbonyl (C=O) groups excluding carboxylic acids is 1. The SMILES string of the molecule is COc1ccc([C@H](CC(=O)Nc2ccc(C)c(F)c2)n2cccc2)cc1. The van der Waals surface area contributed by atoms with Crippen LogP contribution < -0.4 is 10.1 Å². The number of benzene rings is 2. The highest BCUT2D eigenvalue weighted by atomic mass is 19.1. The Bertz CT molecular complexity index is 874. The molecule has 0 fully saturated rings. The number of amides is 1. The number of halogens is 1. The maximum absolute atomic E-state index is 13.7. The maximum Gasteiger partial charge on any atom is 0.226 e. The Morgan fingerprint density at radius 3 is 2.46 bits per heavy atom. The highest BCUT2D eigenvalue weighted by Crippen LogP contribution is 2.25. The third-order valence-electron chi connectivity index (χ3n) is 4.32. The quantitative estimate of drug-likeness (QED) is 0.707. The Labute approximate surface area is 152 Å². The second-order valence-electron chi connectivity index (χ2n) is 6.14. The number of nitrogens with zero attached hydrogens (tertiary/aromatic N) is 1. The maximum atomic E-state index is 13.7. The van der Waals surface area contributed by atoms with Crippen LogP contribution in [0.4, 0.5) is 10.1 Å². The first-order chi connectivity index (χ1) is 12.6. The molecule has 2 aromatic carbocycles. The monoisotopic (exact) mass is 352 g/mol. The van der Waals surface area contributed by atoms with Gasteiger partial charge in [-0.15, -0.1) is 0 Å². The molecule has 1 aromatic heterocycles. The summed E-state index contributed by atoms with van der Waals surface area (Å²) in [5.41, 5.74) is 2.00. The Hall–Kier alpha value is -3.08. The summed E-state index contributed by atoms with van der Waals surface area (Å²) in [6.07, 6.45) is 4.08. The lowest BCUT2D eigenvalue weighted by molar-refractivity contribution is -0.116. The Morgan fingerprint density at radius 1 is 1.15 bits per heavy atom. The van der Waals surface area contributed by atoms with Crippen LogP contribution in [0.2, 0.25) is 0 Å². The summed E-state index contributed by atoms with van der Waals surface area (Å²) in [5, 5.41) is 2.78. The van der Waals surface area contributed by atoms with Crippen LogP contribution in [0, 0.1) is 12.7 Å². The number of ether oxygens (including phenoxy) is 1. The molecule has 4 nitrogen and oxygen atoms in total. The Kier molecular flexibility index (Phi) is 5.37. The molecule has 0 saturated heterocycles. The summed E-state index contributed by atoms with van der Waals surface area (Å²) in [6, 6.07) is 16.0. The average molecular weight is 352 g/mol. The van der Waals surface area contributed by atoms with Crippen molar-refractivity contribution >= 4 is 11.6 Å². The van der Waals surface area contributed by atoms with Gasteiger partial charge in [0.1, 0.15) is 11.6 Å². The van der Waals surface area contributed by atoms with Gasteiger partial charge in [-0.25, -0.2) is 4.39 Å². The number of anilines is 1. The summed E-state index contributed by atoms with van der Waals surface area (Å²) < 4.78 is 20.9. The molecule has 0 aliphatic carbocycles. The molecule has 0 unspecified atom stereocenters. The van der Waals surface area contributed by atoms with Crippen LogP contribution in [0.1, 0.15) is 23.6 Å². The summed E-state index contributed by atoms with van der Waals surface area (Å²) in [7, 11) is 1.62. The van der Waals surface area contributed by atoms with Gasteiger partial charge in [0.2, 0.25) is 5.91 Å². The number of hydrogen-bond acceptors (Lipinski definition) is 2. The van der Waals surface area contributed by atoms with Gasteiger partial charge in [0.15, 0.2) is 0 Å². The van der Waals surface area contributed by atoms with Gasteiger partial charge in [0, 0.05) is 18.1 Å². The Morgan fingerprint density at radius 2 is 1.85 bits per heavy atom. The van der Waals surface area contributed by atoms with E-state index in [0.29, 0.717) is 11.3 Å². The minimum absolute atomic E-state index is 0.161. The van der Waals surface area contributed by atoms with E-state index in [9.17, 15) is 9.18 Å². The predicted octanol–water partition coefficient (Wildman–Crippen LogP) is 4.56. The molecule has 3 rings (SSSR count). The van der Waals surface area contributed by atoms with Crippen LogP contribution >= 0.6 is 0 Å². The normalized spacial score (nSPS) is 11.8. The van der Waals surface area contributed by atoms with Crippen molar-refractivity contribution in [2.24, 2.45) is 0 Å². The zero-order chi connectivity index (χ0) is 18.5. The summed E-state index contributed by atoms with van der Waals surface area (Å²) >= 11 is 0. The van der Waals surface area contributed by atoms with Crippen molar-refractivity contribution in [3.8, 4) is 5.75 Å². The third kappa shape index (κ3) is 4.11. The van der Waals surface area contributed by atoms with E-state index in [1.54, 1.807) is 26.2 Å². The number of rotatable bonds is 6. The van der Waals surface area contributed by atoms with Gasteiger partial charge in [0.25, 0.3) is 0 Å². The minimum atomic E-state index is -0.333. The lowest BCUT2D eigenvalue weighted by Crippen LogP contribution is -2.19. The molecule has 0 aliphatic rings. The summed E-state index contributed by atoms with van der Waals surface area (Å²) in [6.45, 7) is 1.69. The standard InChI is InChI=1S/C21H21FN2O2/c1-15-5-8-17(13-19(15)22)23-21(25)14-20(24-11-3-4-12-24)16-6-9-18(26-2)10-7-16/h3-13,20H,14H2,1-2H3,(H,23,25)/t20-/m0/s1. The van der Waals surface area contributed by atoms with Gasteiger partial charge >= 0.3 is 0 Å². The first-order valence-electron chi connectivity index (χ1n) is 8.39. The van der Waals surface area contributed by atoms with E-state index in [2.05, 4.69) is 5.32 Å². The van der Waals surface area contributed by atoms with Crippen molar-refractivity contribution in [3.05, 3.63) is 83.9 Å². The molecule has 0 aliphatic heterocycles. The fraction of sp³-hybridized carbons (Fsp3) is 0.190. The first kappa shape index (κ1) is 17.7. The summed E-state index contributed by atoms with van der Waals surface area (Å²) in [5.74, 6) is 0.252. The van der Waals surface area contributed by atoms with E-state index >= 15 is 0 Å². The second kappa shape index (κ2) is 7.87. The zero-order valence-corrected chi connectivity index (χ0v) is 14.8. The van der Waals surface area contributed by atoms with Crippen LogP contribution in [0.25, 0.3) is 0 Å². The van der Waals surface area contributed by atoms with Crippen molar-refractivity contribution in [2.45, 2.75) is 19.4 Å². The molecule has 0 spiro atoms. The molecule has 0 radical (unpaired) electrons. The fourth-order valence-electron chi connectivity index (χ4n) is 2.84. The fourth-order valence-corrected chi connectivity index (χ4v) is 2.84. The number of aryl methyl sites for hydroxylation is 1. The molecular formula is C21H21FN2O2. The van der Waals surface area contributed by atoms with Gasteiger partial charge in [-0.05, 0) is 54.4 Å². The molecule has 134 valence electrons. The minimum Gasteiger partial charge on any atom is -0.497 e. The lowest BCUT2D eigenvalue weighted by Gasteiger charge is -2.20. The first-order valence-corrected chi connectivity index (χ1v) is 8.39. The van der Waals surface area contributed by atoms with E-state index in [0.717, 1.165) is 11.3 Å². The van der Waals surface area contributed by atoms with Crippen LogP contribution in [0.5, 0.6) is 5.75 Å². The van der Waals surface area contributed by atoms with Crippen LogP contribution in [-0.4, -0.2) is 17.6 Å². The highest BCUT2D eigenvalue weighted by molar-refractivity contribution is 5.91. The van der Waals surface area contributed by atoms with Gasteiger partial charge in [0.05, 0.1) is 19.6 Å². The van der Waals surface area contributed by atoms with Gasteiger partial charge < -0.3 is 14.6 Å². The topological polar surface area (TPSA) is 43.3 Å². The van der Waals surface area contributed by atoms with E-state index < -0.39 is 0 Å². The molecule has 0 bridgehead atoms. The molecule has 1 atom stereocenters. The largest absolute Gasteiger partial charge is 0.497 e. The Balaban J connectivity index is 1.78. The van der Waals surface area contributed by atoms with Crippen LogP contribution in [-0.2, 0) is 4.79 Å². The molecule has 1 amide bonds. The molecule has 1 N–H and O–H groups in total. The van der Waals surface area contributed by atoms with Crippen molar-refractivity contribution in [3.63, 3.8) is 0 Å². The van der Waals surface area contributed by atoms with Crippen LogP contribution in [0.15, 0.2) is 67.0 Å². The second-order valence-corrected chi connectivity index (χ2v) is 6.14. The average Bonchev–Trinajstić information content (AvgIpc) is 3.17. The zero-order valence-electron chi connectivity index (χ0n) is 14.8. The number of nitrogens with one attached hydrogen (secondary N) is 1. The molecule has 5 heteroatoms. The van der Waals surface area contributed by atoms with Crippen LogP contribution in [0.3, 0.4) is 0 Å². The molecule has 3 aromatic rings. The third-order valence-corrected chi connectivity index (χ3v) is 4.32.